The Morgan fingerprint density at radius 3 is 2.50 bits per heavy atom. The molecule has 1 N–H and O–H groups in total. The summed E-state index contributed by atoms with van der Waals surface area (Å²) in [5.74, 6) is -0.298. The quantitative estimate of drug-likeness (QED) is 0.631. The molecule has 7 heteroatoms. The van der Waals surface area contributed by atoms with E-state index in [-0.39, 0.29) is 11.5 Å². The second kappa shape index (κ2) is 7.46. The van der Waals surface area contributed by atoms with Crippen LogP contribution in [0.4, 0.5) is 5.69 Å². The molecule has 3 aromatic rings. The summed E-state index contributed by atoms with van der Waals surface area (Å²) in [5.41, 5.74) is 5.28. The summed E-state index contributed by atoms with van der Waals surface area (Å²) in [6, 6.07) is 12.8. The predicted octanol–water partition coefficient (Wildman–Crippen LogP) is 4.55. The van der Waals surface area contributed by atoms with Gasteiger partial charge in [-0.15, -0.1) is 0 Å². The molecule has 0 spiro atoms. The average Bonchev–Trinajstić information content (AvgIpc) is 3.13. The number of benzene rings is 2. The Hall–Kier alpha value is -3.38. The Bertz CT molecular complexity index is 1300. The number of hydrogen-bond acceptors (Lipinski definition) is 3. The highest BCUT2D eigenvalue weighted by Crippen LogP contribution is 2.27. The van der Waals surface area contributed by atoms with Crippen LogP contribution in [0.5, 0.6) is 0 Å². The lowest BCUT2D eigenvalue weighted by Gasteiger charge is -2.11. The molecule has 30 heavy (non-hydrogen) atoms. The number of nitrogens with one attached hydrogen (secondary N) is 1. The number of carbonyl (C=O) groups excluding carboxylic acids is 1. The van der Waals surface area contributed by atoms with Gasteiger partial charge in [0.25, 0.3) is 11.5 Å². The molecule has 1 amide bonds. The molecule has 2 heterocycles. The van der Waals surface area contributed by atoms with E-state index in [9.17, 15) is 9.59 Å². The van der Waals surface area contributed by atoms with Gasteiger partial charge in [-0.3, -0.25) is 14.7 Å². The van der Waals surface area contributed by atoms with Crippen LogP contribution in [0, 0.1) is 20.8 Å². The maximum Gasteiger partial charge on any atom is 0.280 e. The lowest BCUT2D eigenvalue weighted by Crippen LogP contribution is -2.22. The molecular formula is C23H21ClN4O2. The van der Waals surface area contributed by atoms with Gasteiger partial charge in [0.05, 0.1) is 28.2 Å². The van der Waals surface area contributed by atoms with Gasteiger partial charge in [0, 0.05) is 10.7 Å². The van der Waals surface area contributed by atoms with E-state index in [1.807, 2.05) is 39.0 Å². The minimum absolute atomic E-state index is 0.214. The first-order valence-electron chi connectivity index (χ1n) is 9.53. The van der Waals surface area contributed by atoms with Crippen LogP contribution in [0.25, 0.3) is 11.8 Å². The van der Waals surface area contributed by atoms with Crippen LogP contribution in [0.1, 0.15) is 29.3 Å². The second-order valence-corrected chi connectivity index (χ2v) is 7.86. The maximum absolute atomic E-state index is 13.1. The molecular weight excluding hydrogens is 400 g/mol. The highest BCUT2D eigenvalue weighted by molar-refractivity contribution is 6.33. The smallest absolute Gasteiger partial charge is 0.280 e. The molecule has 2 aromatic carbocycles. The summed E-state index contributed by atoms with van der Waals surface area (Å²) in [4.78, 5) is 26.1. The van der Waals surface area contributed by atoms with Crippen molar-refractivity contribution in [3.8, 4) is 5.69 Å². The van der Waals surface area contributed by atoms with E-state index in [4.69, 9.17) is 11.6 Å². The van der Waals surface area contributed by atoms with Gasteiger partial charge in [0.15, 0.2) is 0 Å². The first-order chi connectivity index (χ1) is 14.3. The Morgan fingerprint density at radius 2 is 1.80 bits per heavy atom. The third-order valence-corrected chi connectivity index (χ3v) is 5.35. The SMILES string of the molecule is CC1=NN(c2cccc(Cl)c2)C(=O)C1=Cc1c(C)[nH]n(-c2ccc(C)cc2C)c1=O. The van der Waals surface area contributed by atoms with Crippen LogP contribution in [-0.4, -0.2) is 21.4 Å². The lowest BCUT2D eigenvalue weighted by atomic mass is 10.1. The fourth-order valence-corrected chi connectivity index (χ4v) is 3.75. The second-order valence-electron chi connectivity index (χ2n) is 7.42. The van der Waals surface area contributed by atoms with Crippen molar-refractivity contribution < 1.29 is 4.79 Å². The highest BCUT2D eigenvalue weighted by Gasteiger charge is 2.29. The Labute approximate surface area is 179 Å². The normalized spacial score (nSPS) is 15.2. The Balaban J connectivity index is 1.76. The van der Waals surface area contributed by atoms with Gasteiger partial charge in [0.1, 0.15) is 0 Å². The number of halogens is 1. The zero-order valence-electron chi connectivity index (χ0n) is 17.2. The number of carbonyl (C=O) groups is 1. The molecule has 0 radical (unpaired) electrons. The number of anilines is 1. The van der Waals surface area contributed by atoms with Crippen LogP contribution in [0.3, 0.4) is 0 Å². The summed E-state index contributed by atoms with van der Waals surface area (Å²) >= 11 is 6.05. The first-order valence-corrected chi connectivity index (χ1v) is 9.90. The van der Waals surface area contributed by atoms with E-state index in [2.05, 4.69) is 10.2 Å². The molecule has 0 unspecified atom stereocenters. The summed E-state index contributed by atoms with van der Waals surface area (Å²) in [6.45, 7) is 7.53. The molecule has 1 aliphatic rings. The highest BCUT2D eigenvalue weighted by atomic mass is 35.5. The molecule has 0 aliphatic carbocycles. The monoisotopic (exact) mass is 420 g/mol. The molecule has 1 aromatic heterocycles. The van der Waals surface area contributed by atoms with Crippen molar-refractivity contribution in [1.82, 2.24) is 9.78 Å². The lowest BCUT2D eigenvalue weighted by molar-refractivity contribution is -0.114. The fraction of sp³-hybridized carbons (Fsp3) is 0.174. The molecule has 4 rings (SSSR count). The number of nitrogens with zero attached hydrogens (tertiary/aromatic N) is 3. The van der Waals surface area contributed by atoms with Crippen LogP contribution < -0.4 is 10.6 Å². The molecule has 0 saturated heterocycles. The third-order valence-electron chi connectivity index (χ3n) is 5.11. The van der Waals surface area contributed by atoms with E-state index in [1.165, 1.54) is 9.69 Å². The topological polar surface area (TPSA) is 70.5 Å². The van der Waals surface area contributed by atoms with Crippen molar-refractivity contribution in [2.75, 3.05) is 5.01 Å². The van der Waals surface area contributed by atoms with Gasteiger partial charge in [-0.25, -0.2) is 4.68 Å². The van der Waals surface area contributed by atoms with Crippen molar-refractivity contribution in [2.24, 2.45) is 5.10 Å². The number of aromatic nitrogens is 2. The van der Waals surface area contributed by atoms with Crippen LogP contribution in [0.2, 0.25) is 5.02 Å². The number of aromatic amines is 1. The van der Waals surface area contributed by atoms with E-state index in [1.54, 1.807) is 37.3 Å². The minimum atomic E-state index is -0.298. The molecule has 152 valence electrons. The summed E-state index contributed by atoms with van der Waals surface area (Å²) in [6.07, 6.45) is 1.61. The maximum atomic E-state index is 13.1. The van der Waals surface area contributed by atoms with Crippen molar-refractivity contribution in [3.63, 3.8) is 0 Å². The third kappa shape index (κ3) is 3.39. The number of amides is 1. The van der Waals surface area contributed by atoms with Crippen molar-refractivity contribution in [3.05, 3.63) is 85.8 Å². The average molecular weight is 421 g/mol. The molecule has 6 nitrogen and oxygen atoms in total. The van der Waals surface area contributed by atoms with E-state index < -0.39 is 0 Å². The number of hydrogen-bond donors (Lipinski definition) is 1. The predicted molar refractivity (Wildman–Crippen MR) is 121 cm³/mol. The minimum Gasteiger partial charge on any atom is -0.295 e. The van der Waals surface area contributed by atoms with E-state index in [0.29, 0.717) is 33.3 Å². The Kier molecular flexibility index (Phi) is 4.95. The van der Waals surface area contributed by atoms with Crippen molar-refractivity contribution in [2.45, 2.75) is 27.7 Å². The molecule has 0 fully saturated rings. The van der Waals surface area contributed by atoms with E-state index >= 15 is 0 Å². The first kappa shape index (κ1) is 19.9. The molecule has 1 aliphatic heterocycles. The molecule has 0 bridgehead atoms. The van der Waals surface area contributed by atoms with Gasteiger partial charge in [-0.1, -0.05) is 35.4 Å². The van der Waals surface area contributed by atoms with Crippen LogP contribution in [0.15, 0.2) is 57.9 Å². The Morgan fingerprint density at radius 1 is 1.03 bits per heavy atom. The summed E-state index contributed by atoms with van der Waals surface area (Å²) in [5, 5.41) is 9.30. The largest absolute Gasteiger partial charge is 0.295 e. The zero-order chi connectivity index (χ0) is 21.6. The van der Waals surface area contributed by atoms with Crippen molar-refractivity contribution in [1.29, 1.82) is 0 Å². The van der Waals surface area contributed by atoms with Gasteiger partial charge in [-0.2, -0.15) is 10.1 Å². The number of hydrazone groups is 1. The number of H-pyrrole nitrogens is 1. The van der Waals surface area contributed by atoms with E-state index in [0.717, 1.165) is 16.8 Å². The fourth-order valence-electron chi connectivity index (χ4n) is 3.57. The van der Waals surface area contributed by atoms with Crippen molar-refractivity contribution >= 4 is 35.0 Å². The van der Waals surface area contributed by atoms with Crippen LogP contribution >= 0.6 is 11.6 Å². The van der Waals surface area contributed by atoms with Gasteiger partial charge in [0.2, 0.25) is 0 Å². The zero-order valence-corrected chi connectivity index (χ0v) is 17.9. The molecule has 0 atom stereocenters. The van der Waals surface area contributed by atoms with Crippen LogP contribution in [-0.2, 0) is 4.79 Å². The van der Waals surface area contributed by atoms with Gasteiger partial charge < -0.3 is 0 Å². The summed E-state index contributed by atoms with van der Waals surface area (Å²) in [7, 11) is 0. The number of rotatable bonds is 3. The number of aryl methyl sites for hydroxylation is 3. The van der Waals surface area contributed by atoms with Gasteiger partial charge >= 0.3 is 0 Å². The summed E-state index contributed by atoms with van der Waals surface area (Å²) < 4.78 is 1.51. The molecule has 0 saturated carbocycles. The standard InChI is InChI=1S/C23H21ClN4O2/c1-13-8-9-21(14(2)10-13)28-23(30)20(16(4)26-28)12-19-15(3)25-27(22(19)29)18-7-5-6-17(24)11-18/h5-12,26H,1-4H3. The van der Waals surface area contributed by atoms with Gasteiger partial charge in [-0.05, 0) is 63.6 Å².